The average molecular weight is 316 g/mol. The molecule has 4 nitrogen and oxygen atoms in total. The van der Waals surface area contributed by atoms with Gasteiger partial charge in [0.2, 0.25) is 5.91 Å². The molecule has 0 aromatic heterocycles. The summed E-state index contributed by atoms with van der Waals surface area (Å²) in [6.07, 6.45) is 0. The highest BCUT2D eigenvalue weighted by Crippen LogP contribution is 2.23. The fraction of sp³-hybridized carbons (Fsp3) is 0.278. The summed E-state index contributed by atoms with van der Waals surface area (Å²) in [5.41, 5.74) is 1.59. The number of hydrogen-bond acceptors (Lipinski definition) is 3. The van der Waals surface area contributed by atoms with E-state index in [2.05, 4.69) is 5.32 Å². The van der Waals surface area contributed by atoms with Gasteiger partial charge in [-0.3, -0.25) is 9.69 Å². The second-order valence-electron chi connectivity index (χ2n) is 5.41. The Labute approximate surface area is 135 Å². The van der Waals surface area contributed by atoms with Crippen LogP contribution in [0, 0.1) is 5.82 Å². The van der Waals surface area contributed by atoms with Crippen LogP contribution in [-0.2, 0) is 11.3 Å². The molecule has 0 saturated carbocycles. The van der Waals surface area contributed by atoms with Gasteiger partial charge < -0.3 is 10.1 Å². The molecule has 0 spiro atoms. The van der Waals surface area contributed by atoms with Crippen molar-refractivity contribution in [1.82, 2.24) is 4.90 Å². The van der Waals surface area contributed by atoms with Crippen LogP contribution >= 0.6 is 0 Å². The molecule has 1 N–H and O–H groups in total. The van der Waals surface area contributed by atoms with Crippen LogP contribution in [-0.4, -0.2) is 31.0 Å². The number of nitrogens with one attached hydrogen (secondary N) is 1. The summed E-state index contributed by atoms with van der Waals surface area (Å²) in [4.78, 5) is 14.3. The van der Waals surface area contributed by atoms with Crippen molar-refractivity contribution < 1.29 is 13.9 Å². The van der Waals surface area contributed by atoms with Crippen LogP contribution in [0.2, 0.25) is 0 Å². The number of rotatable bonds is 6. The van der Waals surface area contributed by atoms with Crippen LogP contribution in [0.15, 0.2) is 48.5 Å². The number of hydrogen-bond donors (Lipinski definition) is 1. The second kappa shape index (κ2) is 7.74. The number of nitrogens with zero attached hydrogens (tertiary/aromatic N) is 1. The first-order chi connectivity index (χ1) is 11.0. The molecule has 0 aliphatic heterocycles. The van der Waals surface area contributed by atoms with Gasteiger partial charge in [0.05, 0.1) is 18.8 Å². The van der Waals surface area contributed by atoms with Gasteiger partial charge in [-0.15, -0.1) is 0 Å². The molecule has 122 valence electrons. The van der Waals surface area contributed by atoms with Crippen LogP contribution in [0.5, 0.6) is 5.75 Å². The van der Waals surface area contributed by atoms with Gasteiger partial charge in [0.1, 0.15) is 11.6 Å². The second-order valence-corrected chi connectivity index (χ2v) is 5.41. The van der Waals surface area contributed by atoms with Gasteiger partial charge in [-0.25, -0.2) is 4.39 Å². The van der Waals surface area contributed by atoms with E-state index in [-0.39, 0.29) is 17.8 Å². The van der Waals surface area contributed by atoms with Crippen LogP contribution in [0.25, 0.3) is 0 Å². The highest BCUT2D eigenvalue weighted by molar-refractivity contribution is 5.95. The lowest BCUT2D eigenvalue weighted by Gasteiger charge is -2.24. The molecule has 0 aliphatic carbocycles. The molecule has 0 unspecified atom stereocenters. The number of carbonyl (C=O) groups is 1. The smallest absolute Gasteiger partial charge is 0.241 e. The number of para-hydroxylation sites is 2. The van der Waals surface area contributed by atoms with Crippen LogP contribution in [0.1, 0.15) is 12.5 Å². The predicted molar refractivity (Wildman–Crippen MR) is 89.0 cm³/mol. The number of halogens is 1. The van der Waals surface area contributed by atoms with E-state index < -0.39 is 0 Å². The van der Waals surface area contributed by atoms with Gasteiger partial charge >= 0.3 is 0 Å². The molecule has 0 radical (unpaired) electrons. The topological polar surface area (TPSA) is 41.6 Å². The number of carbonyl (C=O) groups excluding carboxylic acids is 1. The molecule has 2 aromatic rings. The Morgan fingerprint density at radius 3 is 2.52 bits per heavy atom. The van der Waals surface area contributed by atoms with Crippen molar-refractivity contribution in [3.05, 3.63) is 59.9 Å². The maximum Gasteiger partial charge on any atom is 0.241 e. The van der Waals surface area contributed by atoms with Gasteiger partial charge in [0.25, 0.3) is 0 Å². The van der Waals surface area contributed by atoms with E-state index in [4.69, 9.17) is 4.74 Å². The highest BCUT2D eigenvalue weighted by atomic mass is 19.1. The summed E-state index contributed by atoms with van der Waals surface area (Å²) in [5, 5.41) is 2.87. The molecule has 0 aliphatic rings. The van der Waals surface area contributed by atoms with Gasteiger partial charge in [-0.05, 0) is 43.8 Å². The molecule has 0 fully saturated rings. The van der Waals surface area contributed by atoms with Crippen molar-refractivity contribution in [3.8, 4) is 5.75 Å². The standard InChI is InChI=1S/C18H21FN2O2/c1-13(21(2)12-14-8-10-15(19)11-9-14)18(22)20-16-6-4-5-7-17(16)23-3/h4-11,13H,12H2,1-3H3,(H,20,22)/t13-/m0/s1. The third kappa shape index (κ3) is 4.53. The Morgan fingerprint density at radius 2 is 1.87 bits per heavy atom. The molecule has 2 rings (SSSR count). The SMILES string of the molecule is COc1ccccc1NC(=O)[C@H](C)N(C)Cc1ccc(F)cc1. The number of methoxy groups -OCH3 is 1. The maximum atomic E-state index is 12.9. The van der Waals surface area contributed by atoms with E-state index in [1.807, 2.05) is 31.0 Å². The number of amides is 1. The van der Waals surface area contributed by atoms with Gasteiger partial charge in [-0.1, -0.05) is 24.3 Å². The predicted octanol–water partition coefficient (Wildman–Crippen LogP) is 3.29. The van der Waals surface area contributed by atoms with Crippen molar-refractivity contribution in [2.45, 2.75) is 19.5 Å². The summed E-state index contributed by atoms with van der Waals surface area (Å²) in [7, 11) is 3.42. The Morgan fingerprint density at radius 1 is 1.22 bits per heavy atom. The number of benzene rings is 2. The van der Waals surface area contributed by atoms with Crippen molar-refractivity contribution in [2.24, 2.45) is 0 Å². The first-order valence-electron chi connectivity index (χ1n) is 7.40. The number of anilines is 1. The van der Waals surface area contributed by atoms with E-state index in [1.54, 1.807) is 31.4 Å². The average Bonchev–Trinajstić information content (AvgIpc) is 2.56. The Kier molecular flexibility index (Phi) is 5.71. The monoisotopic (exact) mass is 316 g/mol. The summed E-state index contributed by atoms with van der Waals surface area (Å²) in [6.45, 7) is 2.38. The minimum absolute atomic E-state index is 0.126. The number of likely N-dealkylation sites (N-methyl/N-ethyl adjacent to an activating group) is 1. The van der Waals surface area contributed by atoms with Crippen LogP contribution in [0.3, 0.4) is 0 Å². The summed E-state index contributed by atoms with van der Waals surface area (Å²) >= 11 is 0. The lowest BCUT2D eigenvalue weighted by atomic mass is 10.2. The van der Waals surface area contributed by atoms with Gasteiger partial charge in [-0.2, -0.15) is 0 Å². The molecule has 1 amide bonds. The minimum Gasteiger partial charge on any atom is -0.495 e. The summed E-state index contributed by atoms with van der Waals surface area (Å²) < 4.78 is 18.2. The zero-order chi connectivity index (χ0) is 16.8. The number of ether oxygens (including phenoxy) is 1. The van der Waals surface area contributed by atoms with Crippen molar-refractivity contribution in [3.63, 3.8) is 0 Å². The summed E-state index contributed by atoms with van der Waals surface area (Å²) in [6, 6.07) is 13.2. The Hall–Kier alpha value is -2.40. The first kappa shape index (κ1) is 17.0. The lowest BCUT2D eigenvalue weighted by molar-refractivity contribution is -0.120. The van der Waals surface area contributed by atoms with Gasteiger partial charge in [0, 0.05) is 6.54 Å². The Balaban J connectivity index is 1.99. The molecule has 0 saturated heterocycles. The minimum atomic E-state index is -0.343. The fourth-order valence-electron chi connectivity index (χ4n) is 2.20. The normalized spacial score (nSPS) is 12.0. The third-order valence-electron chi connectivity index (χ3n) is 3.75. The molecule has 0 heterocycles. The summed E-state index contributed by atoms with van der Waals surface area (Å²) in [5.74, 6) is 0.228. The Bertz CT molecular complexity index is 658. The van der Waals surface area contributed by atoms with E-state index in [0.717, 1.165) is 5.56 Å². The zero-order valence-electron chi connectivity index (χ0n) is 13.5. The van der Waals surface area contributed by atoms with Crippen LogP contribution in [0.4, 0.5) is 10.1 Å². The zero-order valence-corrected chi connectivity index (χ0v) is 13.5. The van der Waals surface area contributed by atoms with Crippen molar-refractivity contribution in [1.29, 1.82) is 0 Å². The molecular formula is C18H21FN2O2. The highest BCUT2D eigenvalue weighted by Gasteiger charge is 2.19. The molecule has 2 aromatic carbocycles. The molecule has 1 atom stereocenters. The third-order valence-corrected chi connectivity index (χ3v) is 3.75. The largest absolute Gasteiger partial charge is 0.495 e. The van der Waals surface area contributed by atoms with Gasteiger partial charge in [0.15, 0.2) is 0 Å². The molecule has 5 heteroatoms. The molecule has 23 heavy (non-hydrogen) atoms. The lowest BCUT2D eigenvalue weighted by Crippen LogP contribution is -2.39. The first-order valence-corrected chi connectivity index (χ1v) is 7.40. The fourth-order valence-corrected chi connectivity index (χ4v) is 2.20. The van der Waals surface area contributed by atoms with Crippen molar-refractivity contribution >= 4 is 11.6 Å². The van der Waals surface area contributed by atoms with E-state index in [9.17, 15) is 9.18 Å². The molecule has 0 bridgehead atoms. The van der Waals surface area contributed by atoms with E-state index >= 15 is 0 Å². The molecular weight excluding hydrogens is 295 g/mol. The maximum absolute atomic E-state index is 12.9. The van der Waals surface area contributed by atoms with E-state index in [1.165, 1.54) is 12.1 Å². The quantitative estimate of drug-likeness (QED) is 0.889. The van der Waals surface area contributed by atoms with E-state index in [0.29, 0.717) is 18.0 Å². The van der Waals surface area contributed by atoms with Crippen molar-refractivity contribution in [2.75, 3.05) is 19.5 Å². The van der Waals surface area contributed by atoms with Crippen LogP contribution < -0.4 is 10.1 Å².